The smallest absolute Gasteiger partial charge is 0.229 e. The molecule has 8 heteroatoms. The molecule has 0 amide bonds. The molecule has 34 heavy (non-hydrogen) atoms. The average molecular weight is 457 g/mol. The second kappa shape index (κ2) is 9.52. The van der Waals surface area contributed by atoms with Gasteiger partial charge in [0.05, 0.1) is 24.5 Å². The van der Waals surface area contributed by atoms with Crippen molar-refractivity contribution in [2.75, 3.05) is 31.8 Å². The molecular weight excluding hydrogens is 428 g/mol. The molecule has 2 aromatic heterocycles. The van der Waals surface area contributed by atoms with E-state index in [1.807, 2.05) is 54.6 Å². The first-order chi connectivity index (χ1) is 16.6. The molecule has 0 atom stereocenters. The molecule has 4 aromatic rings. The summed E-state index contributed by atoms with van der Waals surface area (Å²) < 4.78 is 11.3. The molecule has 1 aliphatic carbocycles. The largest absolute Gasteiger partial charge is 0.497 e. The highest BCUT2D eigenvalue weighted by molar-refractivity contribution is 5.83. The van der Waals surface area contributed by atoms with Crippen molar-refractivity contribution in [3.05, 3.63) is 67.0 Å². The van der Waals surface area contributed by atoms with Crippen LogP contribution in [0.5, 0.6) is 11.5 Å². The fourth-order valence-corrected chi connectivity index (χ4v) is 3.93. The number of nitrogens with one attached hydrogen (secondary N) is 2. The van der Waals surface area contributed by atoms with Gasteiger partial charge >= 0.3 is 0 Å². The molecule has 8 nitrogen and oxygen atoms in total. The quantitative estimate of drug-likeness (QED) is 0.384. The number of ether oxygens (including phenoxy) is 2. The Morgan fingerprint density at radius 2 is 1.68 bits per heavy atom. The van der Waals surface area contributed by atoms with Gasteiger partial charge in [-0.1, -0.05) is 0 Å². The highest BCUT2D eigenvalue weighted by Gasteiger charge is 2.32. The molecule has 2 N–H and O–H groups in total. The zero-order valence-electron chi connectivity index (χ0n) is 19.5. The monoisotopic (exact) mass is 456 g/mol. The third-order valence-corrected chi connectivity index (χ3v) is 6.03. The number of methoxy groups -OCH3 is 1. The van der Waals surface area contributed by atoms with Gasteiger partial charge < -0.3 is 25.0 Å². The second-order valence-electron chi connectivity index (χ2n) is 8.65. The van der Waals surface area contributed by atoms with E-state index in [9.17, 15) is 0 Å². The Morgan fingerprint density at radius 3 is 2.44 bits per heavy atom. The number of aromatic nitrogens is 3. The van der Waals surface area contributed by atoms with Gasteiger partial charge in [0.2, 0.25) is 5.95 Å². The number of rotatable bonds is 8. The van der Waals surface area contributed by atoms with Crippen LogP contribution in [0.15, 0.2) is 67.0 Å². The lowest BCUT2D eigenvalue weighted by atomic mass is 9.88. The van der Waals surface area contributed by atoms with E-state index in [1.165, 1.54) is 0 Å². The summed E-state index contributed by atoms with van der Waals surface area (Å²) in [6.07, 6.45) is 5.93. The van der Waals surface area contributed by atoms with Gasteiger partial charge in [0.15, 0.2) is 0 Å². The molecule has 5 rings (SSSR count). The minimum atomic E-state index is 0.295. The van der Waals surface area contributed by atoms with E-state index in [4.69, 9.17) is 9.47 Å². The molecule has 0 bridgehead atoms. The molecule has 2 aromatic carbocycles. The maximum absolute atomic E-state index is 6.06. The molecule has 1 aliphatic rings. The van der Waals surface area contributed by atoms with Crippen molar-refractivity contribution in [1.29, 1.82) is 0 Å². The normalized spacial score (nSPS) is 17.3. The van der Waals surface area contributed by atoms with E-state index < -0.39 is 0 Å². The van der Waals surface area contributed by atoms with Crippen molar-refractivity contribution in [2.45, 2.75) is 25.0 Å². The summed E-state index contributed by atoms with van der Waals surface area (Å²) in [4.78, 5) is 15.7. The third kappa shape index (κ3) is 5.02. The van der Waals surface area contributed by atoms with Crippen molar-refractivity contribution >= 4 is 34.0 Å². The first-order valence-corrected chi connectivity index (χ1v) is 11.3. The fraction of sp³-hybridized carbons (Fsp3) is 0.269. The molecule has 2 heterocycles. The van der Waals surface area contributed by atoms with E-state index >= 15 is 0 Å². The molecule has 0 aliphatic heterocycles. The summed E-state index contributed by atoms with van der Waals surface area (Å²) in [5.41, 5.74) is 2.61. The topological polar surface area (TPSA) is 84.4 Å². The third-order valence-electron chi connectivity index (χ3n) is 6.03. The summed E-state index contributed by atoms with van der Waals surface area (Å²) >= 11 is 0. The van der Waals surface area contributed by atoms with Gasteiger partial charge in [-0.15, -0.1) is 0 Å². The van der Waals surface area contributed by atoms with Gasteiger partial charge in [-0.05, 0) is 75.5 Å². The molecular formula is C26H28N6O2. The van der Waals surface area contributed by atoms with Crippen molar-refractivity contribution in [1.82, 2.24) is 19.9 Å². The Kier molecular flexibility index (Phi) is 6.14. The summed E-state index contributed by atoms with van der Waals surface area (Å²) in [6, 6.07) is 18.2. The number of hydrogen-bond donors (Lipinski definition) is 2. The van der Waals surface area contributed by atoms with E-state index in [1.54, 1.807) is 19.5 Å². The van der Waals surface area contributed by atoms with E-state index in [0.29, 0.717) is 23.9 Å². The lowest BCUT2D eigenvalue weighted by molar-refractivity contribution is 0.0401. The molecule has 0 saturated heterocycles. The number of fused-ring (bicyclic) bond motifs is 1. The summed E-state index contributed by atoms with van der Waals surface area (Å²) in [5, 5.41) is 7.56. The van der Waals surface area contributed by atoms with Crippen molar-refractivity contribution < 1.29 is 9.47 Å². The van der Waals surface area contributed by atoms with Gasteiger partial charge in [-0.2, -0.15) is 4.98 Å². The Bertz CT molecular complexity index is 1270. The Balaban J connectivity index is 1.21. The van der Waals surface area contributed by atoms with Crippen LogP contribution in [0.4, 0.5) is 23.1 Å². The Morgan fingerprint density at radius 1 is 0.882 bits per heavy atom. The Hall–Kier alpha value is -3.91. The van der Waals surface area contributed by atoms with Gasteiger partial charge in [0.25, 0.3) is 0 Å². The van der Waals surface area contributed by atoms with Crippen LogP contribution in [-0.2, 0) is 0 Å². The molecule has 1 saturated carbocycles. The predicted molar refractivity (Wildman–Crippen MR) is 134 cm³/mol. The van der Waals surface area contributed by atoms with Crippen molar-refractivity contribution in [2.24, 2.45) is 0 Å². The SMILES string of the molecule is COc1ccc2cc(Nc3ccnc(Nc4ccc(OC5CC(N(C)C)C5)cc4)n3)cnc2c1. The predicted octanol–water partition coefficient (Wildman–Crippen LogP) is 4.99. The van der Waals surface area contributed by atoms with E-state index in [2.05, 4.69) is 44.6 Å². The number of pyridine rings is 1. The summed E-state index contributed by atoms with van der Waals surface area (Å²) in [7, 11) is 5.88. The fourth-order valence-electron chi connectivity index (χ4n) is 3.93. The van der Waals surface area contributed by atoms with Crippen LogP contribution in [-0.4, -0.2) is 53.2 Å². The van der Waals surface area contributed by atoms with Crippen LogP contribution in [0.1, 0.15) is 12.8 Å². The zero-order chi connectivity index (χ0) is 23.5. The summed E-state index contributed by atoms with van der Waals surface area (Å²) in [6.45, 7) is 0. The lowest BCUT2D eigenvalue weighted by Gasteiger charge is -2.39. The first kappa shape index (κ1) is 21.9. The molecule has 174 valence electrons. The van der Waals surface area contributed by atoms with Crippen LogP contribution >= 0.6 is 0 Å². The maximum atomic E-state index is 6.06. The number of hydrogen-bond acceptors (Lipinski definition) is 8. The standard InChI is InChI=1S/C26H28N6O2/c1-32(2)20-13-23(14-20)34-21-8-5-18(6-9-21)30-26-27-11-10-25(31-26)29-19-12-17-4-7-22(33-3)15-24(17)28-16-19/h4-12,15-16,20,23H,13-14H2,1-3H3,(H2,27,29,30,31). The highest BCUT2D eigenvalue weighted by Crippen LogP contribution is 2.29. The van der Waals surface area contributed by atoms with E-state index in [0.717, 1.165) is 46.6 Å². The second-order valence-corrected chi connectivity index (χ2v) is 8.65. The minimum absolute atomic E-state index is 0.295. The molecule has 0 unspecified atom stereocenters. The molecule has 1 fully saturated rings. The van der Waals surface area contributed by atoms with Crippen LogP contribution in [0.25, 0.3) is 10.9 Å². The van der Waals surface area contributed by atoms with E-state index in [-0.39, 0.29) is 0 Å². The maximum Gasteiger partial charge on any atom is 0.229 e. The van der Waals surface area contributed by atoms with Crippen molar-refractivity contribution in [3.8, 4) is 11.5 Å². The van der Waals surface area contributed by atoms with Crippen molar-refractivity contribution in [3.63, 3.8) is 0 Å². The minimum Gasteiger partial charge on any atom is -0.497 e. The first-order valence-electron chi connectivity index (χ1n) is 11.3. The zero-order valence-corrected chi connectivity index (χ0v) is 19.5. The lowest BCUT2D eigenvalue weighted by Crippen LogP contribution is -2.46. The average Bonchev–Trinajstić information content (AvgIpc) is 2.82. The van der Waals surface area contributed by atoms with Crippen LogP contribution < -0.4 is 20.1 Å². The number of benzene rings is 2. The summed E-state index contributed by atoms with van der Waals surface area (Å²) in [5.74, 6) is 2.84. The number of anilines is 4. The van der Waals surface area contributed by atoms with Crippen LogP contribution in [0.2, 0.25) is 0 Å². The highest BCUT2D eigenvalue weighted by atomic mass is 16.5. The van der Waals surface area contributed by atoms with Crippen LogP contribution in [0.3, 0.4) is 0 Å². The molecule has 0 spiro atoms. The van der Waals surface area contributed by atoms with Gasteiger partial charge in [0.1, 0.15) is 23.4 Å². The van der Waals surface area contributed by atoms with Gasteiger partial charge in [-0.3, -0.25) is 4.98 Å². The number of nitrogens with zero attached hydrogens (tertiary/aromatic N) is 4. The Labute approximate surface area is 199 Å². The molecule has 0 radical (unpaired) electrons. The van der Waals surface area contributed by atoms with Gasteiger partial charge in [0, 0.05) is 29.4 Å². The van der Waals surface area contributed by atoms with Crippen LogP contribution in [0, 0.1) is 0 Å². The van der Waals surface area contributed by atoms with Gasteiger partial charge in [-0.25, -0.2) is 4.98 Å².